The van der Waals surface area contributed by atoms with Gasteiger partial charge in [-0.15, -0.1) is 0 Å². The molecule has 1 aliphatic rings. The van der Waals surface area contributed by atoms with E-state index >= 15 is 0 Å². The highest BCUT2D eigenvalue weighted by atomic mass is 32.2. The molecule has 0 saturated heterocycles. The molecule has 34 heavy (non-hydrogen) atoms. The summed E-state index contributed by atoms with van der Waals surface area (Å²) in [5, 5.41) is 5.55. The minimum atomic E-state index is -3.58. The molecule has 184 valence electrons. The lowest BCUT2D eigenvalue weighted by Crippen LogP contribution is -2.31. The Morgan fingerprint density at radius 1 is 1.09 bits per heavy atom. The van der Waals surface area contributed by atoms with Crippen molar-refractivity contribution in [1.29, 1.82) is 0 Å². The van der Waals surface area contributed by atoms with Crippen LogP contribution in [0.5, 0.6) is 11.5 Å². The quantitative estimate of drug-likeness (QED) is 0.437. The van der Waals surface area contributed by atoms with Crippen molar-refractivity contribution in [2.75, 3.05) is 49.5 Å². The molecule has 0 aliphatic carbocycles. The molecule has 1 heterocycles. The number of ether oxygens (including phenoxy) is 3. The van der Waals surface area contributed by atoms with Crippen molar-refractivity contribution < 1.29 is 32.2 Å². The van der Waals surface area contributed by atoms with E-state index in [2.05, 4.69) is 10.6 Å². The zero-order valence-corrected chi connectivity index (χ0v) is 20.0. The highest BCUT2D eigenvalue weighted by molar-refractivity contribution is 7.92. The Morgan fingerprint density at radius 3 is 2.62 bits per heavy atom. The molecule has 2 aromatic rings. The number of benzene rings is 2. The van der Waals surface area contributed by atoms with Gasteiger partial charge in [-0.1, -0.05) is 12.1 Å². The van der Waals surface area contributed by atoms with Gasteiger partial charge in [0.15, 0.2) is 11.5 Å². The van der Waals surface area contributed by atoms with Gasteiger partial charge in [0.05, 0.1) is 23.2 Å². The van der Waals surface area contributed by atoms with Crippen molar-refractivity contribution in [2.24, 2.45) is 0 Å². The number of sulfonamides is 1. The monoisotopic (exact) mass is 491 g/mol. The molecule has 0 unspecified atom stereocenters. The second-order valence-corrected chi connectivity index (χ2v) is 9.58. The van der Waals surface area contributed by atoms with E-state index < -0.39 is 10.0 Å². The van der Waals surface area contributed by atoms with Gasteiger partial charge in [0, 0.05) is 39.3 Å². The summed E-state index contributed by atoms with van der Waals surface area (Å²) in [5.41, 5.74) is 1.18. The predicted molar refractivity (Wildman–Crippen MR) is 128 cm³/mol. The summed E-state index contributed by atoms with van der Waals surface area (Å²) in [6.07, 6.45) is 2.13. The summed E-state index contributed by atoms with van der Waals surface area (Å²) in [4.78, 5) is 25.0. The van der Waals surface area contributed by atoms with Crippen LogP contribution in [0.4, 0.5) is 11.4 Å². The fraction of sp³-hybridized carbons (Fsp3) is 0.391. The average Bonchev–Trinajstić information content (AvgIpc) is 3.27. The second-order valence-electron chi connectivity index (χ2n) is 7.67. The van der Waals surface area contributed by atoms with Gasteiger partial charge in [-0.25, -0.2) is 8.42 Å². The molecule has 0 atom stereocenters. The largest absolute Gasteiger partial charge is 0.454 e. The van der Waals surface area contributed by atoms with Crippen LogP contribution >= 0.6 is 0 Å². The van der Waals surface area contributed by atoms with Crippen molar-refractivity contribution in [1.82, 2.24) is 5.32 Å². The number of nitrogens with zero attached hydrogens (tertiary/aromatic N) is 1. The summed E-state index contributed by atoms with van der Waals surface area (Å²) >= 11 is 0. The number of anilines is 2. The molecule has 2 N–H and O–H groups in total. The van der Waals surface area contributed by atoms with Crippen molar-refractivity contribution >= 4 is 33.2 Å². The number of amides is 2. The van der Waals surface area contributed by atoms with Crippen LogP contribution in [-0.4, -0.2) is 60.1 Å². The minimum Gasteiger partial charge on any atom is -0.454 e. The highest BCUT2D eigenvalue weighted by Crippen LogP contribution is 2.36. The first-order chi connectivity index (χ1) is 16.3. The van der Waals surface area contributed by atoms with E-state index in [9.17, 15) is 18.0 Å². The van der Waals surface area contributed by atoms with Crippen LogP contribution in [0, 0.1) is 0 Å². The highest BCUT2D eigenvalue weighted by Gasteiger charge is 2.22. The van der Waals surface area contributed by atoms with Gasteiger partial charge in [0.25, 0.3) is 5.91 Å². The van der Waals surface area contributed by atoms with Crippen molar-refractivity contribution in [2.45, 2.75) is 19.3 Å². The molecule has 0 spiro atoms. The fourth-order valence-corrected chi connectivity index (χ4v) is 4.38. The number of carbonyl (C=O) groups excluding carboxylic acids is 2. The predicted octanol–water partition coefficient (Wildman–Crippen LogP) is 2.37. The lowest BCUT2D eigenvalue weighted by Gasteiger charge is -2.22. The first-order valence-corrected chi connectivity index (χ1v) is 12.7. The zero-order chi connectivity index (χ0) is 24.6. The maximum Gasteiger partial charge on any atom is 0.253 e. The van der Waals surface area contributed by atoms with E-state index in [1.54, 1.807) is 49.6 Å². The first-order valence-electron chi connectivity index (χ1n) is 10.8. The molecule has 0 radical (unpaired) electrons. The van der Waals surface area contributed by atoms with Crippen LogP contribution in [0.2, 0.25) is 0 Å². The normalized spacial score (nSPS) is 12.3. The minimum absolute atomic E-state index is 0.0698. The molecular weight excluding hydrogens is 462 g/mol. The Morgan fingerprint density at radius 2 is 1.85 bits per heavy atom. The molecule has 0 bridgehead atoms. The smallest absolute Gasteiger partial charge is 0.253 e. The SMILES string of the molecule is COCCCNC(=O)c1ccccc1NC(=O)CCCN(c1ccc2c(c1)OCO2)S(C)(=O)=O. The van der Waals surface area contributed by atoms with Crippen molar-refractivity contribution in [3.05, 3.63) is 48.0 Å². The Labute approximate surface area is 199 Å². The molecule has 2 amide bonds. The summed E-state index contributed by atoms with van der Waals surface area (Å²) in [7, 11) is -1.99. The molecule has 3 rings (SSSR count). The number of methoxy groups -OCH3 is 1. The lowest BCUT2D eigenvalue weighted by molar-refractivity contribution is -0.116. The third-order valence-corrected chi connectivity index (χ3v) is 6.26. The van der Waals surface area contributed by atoms with Gasteiger partial charge in [-0.05, 0) is 37.1 Å². The van der Waals surface area contributed by atoms with Crippen LogP contribution in [0.15, 0.2) is 42.5 Å². The zero-order valence-electron chi connectivity index (χ0n) is 19.2. The molecule has 10 nitrogen and oxygen atoms in total. The van der Waals surface area contributed by atoms with Crippen molar-refractivity contribution in [3.8, 4) is 11.5 Å². The average molecular weight is 492 g/mol. The van der Waals surface area contributed by atoms with E-state index in [0.717, 1.165) is 6.26 Å². The maximum absolute atomic E-state index is 12.5. The van der Waals surface area contributed by atoms with Crippen LogP contribution in [0.1, 0.15) is 29.6 Å². The Bertz CT molecular complexity index is 1120. The van der Waals surface area contributed by atoms with Crippen LogP contribution in [0.25, 0.3) is 0 Å². The summed E-state index contributed by atoms with van der Waals surface area (Å²) < 4.78 is 41.5. The molecule has 0 saturated carbocycles. The number of hydrogen-bond acceptors (Lipinski definition) is 7. The third kappa shape index (κ3) is 6.84. The summed E-state index contributed by atoms with van der Waals surface area (Å²) in [5.74, 6) is 0.413. The first kappa shape index (κ1) is 25.3. The number of nitrogens with one attached hydrogen (secondary N) is 2. The summed E-state index contributed by atoms with van der Waals surface area (Å²) in [6.45, 7) is 1.18. The molecule has 0 aromatic heterocycles. The van der Waals surface area contributed by atoms with E-state index in [1.807, 2.05) is 0 Å². The number of para-hydroxylation sites is 1. The van der Waals surface area contributed by atoms with Crippen LogP contribution < -0.4 is 24.4 Å². The lowest BCUT2D eigenvalue weighted by atomic mass is 10.1. The van der Waals surface area contributed by atoms with Gasteiger partial charge in [-0.3, -0.25) is 13.9 Å². The Kier molecular flexibility index (Phi) is 8.72. The van der Waals surface area contributed by atoms with E-state index in [1.165, 1.54) is 4.31 Å². The van der Waals surface area contributed by atoms with Gasteiger partial charge in [0.1, 0.15) is 0 Å². The molecular formula is C23H29N3O7S. The molecule has 2 aromatic carbocycles. The van der Waals surface area contributed by atoms with Gasteiger partial charge < -0.3 is 24.8 Å². The third-order valence-electron chi connectivity index (χ3n) is 5.07. The van der Waals surface area contributed by atoms with E-state index in [0.29, 0.717) is 48.0 Å². The van der Waals surface area contributed by atoms with Gasteiger partial charge in [-0.2, -0.15) is 0 Å². The topological polar surface area (TPSA) is 123 Å². The van der Waals surface area contributed by atoms with E-state index in [-0.39, 0.29) is 38.0 Å². The molecule has 1 aliphatic heterocycles. The Balaban J connectivity index is 1.58. The summed E-state index contributed by atoms with van der Waals surface area (Å²) in [6, 6.07) is 11.6. The van der Waals surface area contributed by atoms with Crippen LogP contribution in [0.3, 0.4) is 0 Å². The van der Waals surface area contributed by atoms with E-state index in [4.69, 9.17) is 14.2 Å². The van der Waals surface area contributed by atoms with Crippen molar-refractivity contribution in [3.63, 3.8) is 0 Å². The number of rotatable bonds is 12. The van der Waals surface area contributed by atoms with Gasteiger partial charge >= 0.3 is 0 Å². The molecule has 11 heteroatoms. The maximum atomic E-state index is 12.5. The standard InChI is InChI=1S/C23H29N3O7S/c1-31-14-6-12-24-23(28)18-7-3-4-8-19(18)25-22(27)9-5-13-26(34(2,29)30)17-10-11-20-21(15-17)33-16-32-20/h3-4,7-8,10-11,15H,5-6,9,12-14,16H2,1-2H3,(H,24,28)(H,25,27). The number of fused-ring (bicyclic) bond motifs is 1. The fourth-order valence-electron chi connectivity index (χ4n) is 3.43. The van der Waals surface area contributed by atoms with Gasteiger partial charge in [0.2, 0.25) is 22.7 Å². The number of carbonyl (C=O) groups is 2. The number of hydrogen-bond donors (Lipinski definition) is 2. The second kappa shape index (κ2) is 11.7. The van der Waals surface area contributed by atoms with Crippen LogP contribution in [-0.2, 0) is 19.6 Å². The molecule has 0 fully saturated rings. The Hall–Kier alpha value is -3.31.